The van der Waals surface area contributed by atoms with Crippen molar-refractivity contribution in [3.63, 3.8) is 0 Å². The van der Waals surface area contributed by atoms with Crippen molar-refractivity contribution < 1.29 is 4.79 Å². The number of likely N-dealkylation sites (tertiary alicyclic amines) is 1. The van der Waals surface area contributed by atoms with E-state index in [1.54, 1.807) is 0 Å². The summed E-state index contributed by atoms with van der Waals surface area (Å²) in [4.78, 5) is 16.8. The number of carbonyl (C=O) groups excluding carboxylic acids is 1. The standard InChI is InChI=1S/C18H25N3O/c22-18(19-15-7-2-1-3-8-15)20-12-16(13-20)21-11-10-14-6-4-5-9-17(14)21/h4-6,9,15-16H,1-3,7-8,10-13H2,(H,19,22). The van der Waals surface area contributed by atoms with E-state index < -0.39 is 0 Å². The van der Waals surface area contributed by atoms with Crippen LogP contribution >= 0.6 is 0 Å². The van der Waals surface area contributed by atoms with Gasteiger partial charge in [-0.1, -0.05) is 37.5 Å². The molecule has 1 aliphatic carbocycles. The molecule has 0 unspecified atom stereocenters. The van der Waals surface area contributed by atoms with Crippen LogP contribution in [0.4, 0.5) is 10.5 Å². The summed E-state index contributed by atoms with van der Waals surface area (Å²) in [5, 5.41) is 3.22. The molecule has 4 heteroatoms. The number of nitrogens with zero attached hydrogens (tertiary/aromatic N) is 2. The number of hydrogen-bond acceptors (Lipinski definition) is 2. The first kappa shape index (κ1) is 13.9. The number of carbonyl (C=O) groups is 1. The average molecular weight is 299 g/mol. The van der Waals surface area contributed by atoms with Crippen molar-refractivity contribution >= 4 is 11.7 Å². The highest BCUT2D eigenvalue weighted by molar-refractivity contribution is 5.76. The highest BCUT2D eigenvalue weighted by Gasteiger charge is 2.37. The van der Waals surface area contributed by atoms with Gasteiger partial charge < -0.3 is 15.1 Å². The average Bonchev–Trinajstić information content (AvgIpc) is 2.91. The third-order valence-electron chi connectivity index (χ3n) is 5.45. The number of urea groups is 1. The van der Waals surface area contributed by atoms with Gasteiger partial charge in [0.2, 0.25) is 0 Å². The Balaban J connectivity index is 1.30. The molecule has 0 bridgehead atoms. The van der Waals surface area contributed by atoms with Crippen LogP contribution in [-0.2, 0) is 6.42 Å². The molecular weight excluding hydrogens is 274 g/mol. The predicted molar refractivity (Wildman–Crippen MR) is 88.3 cm³/mol. The lowest BCUT2D eigenvalue weighted by Crippen LogP contribution is -2.63. The van der Waals surface area contributed by atoms with Crippen LogP contribution in [0.1, 0.15) is 37.7 Å². The molecule has 118 valence electrons. The summed E-state index contributed by atoms with van der Waals surface area (Å²) in [6.45, 7) is 2.84. The van der Waals surface area contributed by atoms with E-state index in [1.807, 2.05) is 4.90 Å². The molecular formula is C18H25N3O. The van der Waals surface area contributed by atoms with E-state index in [0.29, 0.717) is 12.1 Å². The second-order valence-electron chi connectivity index (χ2n) is 6.92. The summed E-state index contributed by atoms with van der Waals surface area (Å²) in [5.74, 6) is 0. The lowest BCUT2D eigenvalue weighted by molar-refractivity contribution is 0.144. The Kier molecular flexibility index (Phi) is 3.68. The molecule has 0 atom stereocenters. The fraction of sp³-hybridized carbons (Fsp3) is 0.611. The van der Waals surface area contributed by atoms with Crippen LogP contribution in [0.25, 0.3) is 0 Å². The summed E-state index contributed by atoms with van der Waals surface area (Å²) in [6.07, 6.45) is 7.30. The number of benzene rings is 1. The fourth-order valence-electron chi connectivity index (χ4n) is 4.07. The van der Waals surface area contributed by atoms with Gasteiger partial charge >= 0.3 is 6.03 Å². The second-order valence-corrected chi connectivity index (χ2v) is 6.92. The van der Waals surface area contributed by atoms with Crippen LogP contribution in [0.2, 0.25) is 0 Å². The monoisotopic (exact) mass is 299 g/mol. The molecule has 0 radical (unpaired) electrons. The maximum atomic E-state index is 12.3. The van der Waals surface area contributed by atoms with Crippen LogP contribution < -0.4 is 10.2 Å². The first-order valence-corrected chi connectivity index (χ1v) is 8.71. The van der Waals surface area contributed by atoms with Gasteiger partial charge in [0, 0.05) is 31.4 Å². The highest BCUT2D eigenvalue weighted by Crippen LogP contribution is 2.32. The van der Waals surface area contributed by atoms with E-state index >= 15 is 0 Å². The van der Waals surface area contributed by atoms with E-state index in [1.165, 1.54) is 30.5 Å². The van der Waals surface area contributed by atoms with Crippen molar-refractivity contribution in [3.8, 4) is 0 Å². The normalized spacial score (nSPS) is 22.4. The van der Waals surface area contributed by atoms with E-state index in [-0.39, 0.29) is 6.03 Å². The topological polar surface area (TPSA) is 35.6 Å². The van der Waals surface area contributed by atoms with Gasteiger partial charge in [0.1, 0.15) is 0 Å². The van der Waals surface area contributed by atoms with Gasteiger partial charge in [0.05, 0.1) is 6.04 Å². The SMILES string of the molecule is O=C(NC1CCCCC1)N1CC(N2CCc3ccccc32)C1. The summed E-state index contributed by atoms with van der Waals surface area (Å²) in [5.41, 5.74) is 2.83. The quantitative estimate of drug-likeness (QED) is 0.911. The minimum absolute atomic E-state index is 0.149. The molecule has 1 aromatic rings. The molecule has 1 N–H and O–H groups in total. The fourth-order valence-corrected chi connectivity index (χ4v) is 4.07. The maximum absolute atomic E-state index is 12.3. The Morgan fingerprint density at radius 1 is 1.09 bits per heavy atom. The third-order valence-corrected chi connectivity index (χ3v) is 5.45. The van der Waals surface area contributed by atoms with Crippen molar-refractivity contribution in [2.24, 2.45) is 0 Å². The van der Waals surface area contributed by atoms with Gasteiger partial charge in [-0.15, -0.1) is 0 Å². The smallest absolute Gasteiger partial charge is 0.317 e. The first-order chi connectivity index (χ1) is 10.8. The van der Waals surface area contributed by atoms with Crippen molar-refractivity contribution in [2.75, 3.05) is 24.5 Å². The number of amides is 2. The van der Waals surface area contributed by atoms with Gasteiger partial charge in [-0.2, -0.15) is 0 Å². The number of hydrogen-bond donors (Lipinski definition) is 1. The highest BCUT2D eigenvalue weighted by atomic mass is 16.2. The third kappa shape index (κ3) is 2.55. The Hall–Kier alpha value is -1.71. The van der Waals surface area contributed by atoms with Gasteiger partial charge in [-0.25, -0.2) is 4.79 Å². The van der Waals surface area contributed by atoms with Crippen LogP contribution in [-0.4, -0.2) is 42.6 Å². The summed E-state index contributed by atoms with van der Waals surface area (Å²) in [7, 11) is 0. The molecule has 1 aromatic carbocycles. The summed E-state index contributed by atoms with van der Waals surface area (Å²) >= 11 is 0. The molecule has 3 aliphatic rings. The number of anilines is 1. The largest absolute Gasteiger partial charge is 0.364 e. The lowest BCUT2D eigenvalue weighted by atomic mass is 9.95. The van der Waals surface area contributed by atoms with Gasteiger partial charge in [-0.05, 0) is 30.9 Å². The van der Waals surface area contributed by atoms with Crippen molar-refractivity contribution in [1.29, 1.82) is 0 Å². The maximum Gasteiger partial charge on any atom is 0.317 e. The van der Waals surface area contributed by atoms with Crippen molar-refractivity contribution in [2.45, 2.75) is 50.6 Å². The van der Waals surface area contributed by atoms with Gasteiger partial charge in [-0.3, -0.25) is 0 Å². The van der Waals surface area contributed by atoms with Gasteiger partial charge in [0.15, 0.2) is 0 Å². The summed E-state index contributed by atoms with van der Waals surface area (Å²) in [6, 6.07) is 9.73. The molecule has 4 nitrogen and oxygen atoms in total. The second kappa shape index (κ2) is 5.82. The minimum Gasteiger partial charge on any atom is -0.364 e. The number of rotatable bonds is 2. The Morgan fingerprint density at radius 2 is 1.86 bits per heavy atom. The van der Waals surface area contributed by atoms with Crippen molar-refractivity contribution in [3.05, 3.63) is 29.8 Å². The molecule has 2 fully saturated rings. The molecule has 0 aromatic heterocycles. The lowest BCUT2D eigenvalue weighted by Gasteiger charge is -2.45. The van der Waals surface area contributed by atoms with E-state index in [0.717, 1.165) is 38.9 Å². The molecule has 2 aliphatic heterocycles. The van der Waals surface area contributed by atoms with E-state index in [4.69, 9.17) is 0 Å². The molecule has 1 saturated heterocycles. The Morgan fingerprint density at radius 3 is 2.68 bits per heavy atom. The zero-order valence-corrected chi connectivity index (χ0v) is 13.1. The number of para-hydroxylation sites is 1. The summed E-state index contributed by atoms with van der Waals surface area (Å²) < 4.78 is 0. The molecule has 2 amide bonds. The van der Waals surface area contributed by atoms with E-state index in [9.17, 15) is 4.79 Å². The van der Waals surface area contributed by atoms with Crippen LogP contribution in [0.3, 0.4) is 0 Å². The van der Waals surface area contributed by atoms with Crippen LogP contribution in [0, 0.1) is 0 Å². The Labute approximate surface area is 132 Å². The molecule has 2 heterocycles. The minimum atomic E-state index is 0.149. The molecule has 1 saturated carbocycles. The van der Waals surface area contributed by atoms with Crippen molar-refractivity contribution in [1.82, 2.24) is 10.2 Å². The molecule has 0 spiro atoms. The number of fused-ring (bicyclic) bond motifs is 1. The van der Waals surface area contributed by atoms with Crippen LogP contribution in [0.5, 0.6) is 0 Å². The van der Waals surface area contributed by atoms with Gasteiger partial charge in [0.25, 0.3) is 0 Å². The van der Waals surface area contributed by atoms with E-state index in [2.05, 4.69) is 34.5 Å². The Bertz CT molecular complexity index is 547. The van der Waals surface area contributed by atoms with Crippen LogP contribution in [0.15, 0.2) is 24.3 Å². The zero-order chi connectivity index (χ0) is 14.9. The number of nitrogens with one attached hydrogen (secondary N) is 1. The predicted octanol–water partition coefficient (Wildman–Crippen LogP) is 2.78. The first-order valence-electron chi connectivity index (χ1n) is 8.71. The molecule has 22 heavy (non-hydrogen) atoms. The zero-order valence-electron chi connectivity index (χ0n) is 13.1. The molecule has 4 rings (SSSR count).